The normalized spacial score (nSPS) is 28.9. The van der Waals surface area contributed by atoms with Gasteiger partial charge in [0.15, 0.2) is 0 Å². The van der Waals surface area contributed by atoms with E-state index in [9.17, 15) is 4.79 Å². The maximum absolute atomic E-state index is 11.2. The average Bonchev–Trinajstić information content (AvgIpc) is 2.03. The number of ketones is 1. The van der Waals surface area contributed by atoms with Crippen molar-refractivity contribution in [1.29, 1.82) is 0 Å². The second-order valence-electron chi connectivity index (χ2n) is 3.93. The summed E-state index contributed by atoms with van der Waals surface area (Å²) < 4.78 is 0. The van der Waals surface area contributed by atoms with E-state index in [1.165, 1.54) is 0 Å². The topological polar surface area (TPSA) is 17.1 Å². The molecule has 2 heteroatoms. The number of carbonyl (C=O) groups is 1. The molecule has 0 N–H and O–H groups in total. The minimum absolute atomic E-state index is 0.396. The molecule has 2 unspecified atom stereocenters. The zero-order valence-electron chi connectivity index (χ0n) is 8.18. The van der Waals surface area contributed by atoms with Crippen LogP contribution in [0.1, 0.15) is 39.0 Å². The van der Waals surface area contributed by atoms with Gasteiger partial charge in [0.05, 0.1) is 0 Å². The van der Waals surface area contributed by atoms with E-state index in [2.05, 4.69) is 13.5 Å². The van der Waals surface area contributed by atoms with E-state index in [0.717, 1.165) is 25.7 Å². The molecule has 1 saturated carbocycles. The summed E-state index contributed by atoms with van der Waals surface area (Å²) in [6.45, 7) is 5.88. The number of hydrogen-bond donors (Lipinski definition) is 0. The van der Waals surface area contributed by atoms with Crippen LogP contribution in [-0.2, 0) is 4.79 Å². The largest absolute Gasteiger partial charge is 0.300 e. The number of allylic oxidation sites excluding steroid dienone is 1. The van der Waals surface area contributed by atoms with Gasteiger partial charge in [-0.25, -0.2) is 0 Å². The molecule has 2 atom stereocenters. The molecule has 1 nitrogen and oxygen atoms in total. The smallest absolute Gasteiger partial charge is 0.133 e. The predicted octanol–water partition coefficient (Wildman–Crippen LogP) is 3.52. The van der Waals surface area contributed by atoms with Gasteiger partial charge >= 0.3 is 0 Å². The van der Waals surface area contributed by atoms with Crippen molar-refractivity contribution in [3.8, 4) is 0 Å². The van der Waals surface area contributed by atoms with Crippen LogP contribution >= 0.6 is 11.6 Å². The summed E-state index contributed by atoms with van der Waals surface area (Å²) in [7, 11) is 0. The highest BCUT2D eigenvalue weighted by molar-refractivity contribution is 6.29. The van der Waals surface area contributed by atoms with Crippen molar-refractivity contribution in [2.24, 2.45) is 11.8 Å². The van der Waals surface area contributed by atoms with E-state index >= 15 is 0 Å². The molecular formula is C11H17ClO. The van der Waals surface area contributed by atoms with Gasteiger partial charge in [0.1, 0.15) is 5.78 Å². The summed E-state index contributed by atoms with van der Waals surface area (Å²) in [4.78, 5) is 11.2. The molecule has 1 fully saturated rings. The molecule has 0 aliphatic heterocycles. The summed E-state index contributed by atoms with van der Waals surface area (Å²) in [5, 5.41) is 0.693. The molecule has 0 spiro atoms. The molecule has 0 aromatic heterocycles. The summed E-state index contributed by atoms with van der Waals surface area (Å²) in [6.07, 6.45) is 4.49. The van der Waals surface area contributed by atoms with Crippen molar-refractivity contribution in [2.45, 2.75) is 39.0 Å². The van der Waals surface area contributed by atoms with Crippen molar-refractivity contribution in [1.82, 2.24) is 0 Å². The van der Waals surface area contributed by atoms with Gasteiger partial charge in [-0.1, -0.05) is 31.5 Å². The third kappa shape index (κ3) is 3.15. The summed E-state index contributed by atoms with van der Waals surface area (Å²) >= 11 is 5.78. The molecule has 0 radical (unpaired) electrons. The molecule has 0 aromatic carbocycles. The maximum Gasteiger partial charge on any atom is 0.133 e. The third-order valence-corrected chi connectivity index (χ3v) is 3.11. The highest BCUT2D eigenvalue weighted by Gasteiger charge is 2.27. The number of carbonyl (C=O) groups excluding carboxylic acids is 1. The molecule has 0 heterocycles. The summed E-state index contributed by atoms with van der Waals surface area (Å²) in [6, 6.07) is 0. The zero-order valence-corrected chi connectivity index (χ0v) is 8.94. The predicted molar refractivity (Wildman–Crippen MR) is 55.7 cm³/mol. The highest BCUT2D eigenvalue weighted by Crippen LogP contribution is 2.34. The minimum atomic E-state index is 0.396. The first kappa shape index (κ1) is 10.8. The van der Waals surface area contributed by atoms with Crippen LogP contribution in [-0.4, -0.2) is 5.78 Å². The van der Waals surface area contributed by atoms with Gasteiger partial charge in [-0.3, -0.25) is 4.79 Å². The van der Waals surface area contributed by atoms with Gasteiger partial charge in [-0.15, -0.1) is 0 Å². The quantitative estimate of drug-likeness (QED) is 0.681. The van der Waals surface area contributed by atoms with Crippen LogP contribution in [0.4, 0.5) is 0 Å². The van der Waals surface area contributed by atoms with Crippen molar-refractivity contribution in [2.75, 3.05) is 0 Å². The Bertz CT molecular complexity index is 208. The molecule has 13 heavy (non-hydrogen) atoms. The van der Waals surface area contributed by atoms with Crippen LogP contribution in [0, 0.1) is 11.8 Å². The van der Waals surface area contributed by atoms with E-state index < -0.39 is 0 Å². The second-order valence-corrected chi connectivity index (χ2v) is 4.47. The first-order chi connectivity index (χ1) is 6.13. The van der Waals surface area contributed by atoms with Crippen LogP contribution in [0.3, 0.4) is 0 Å². The van der Waals surface area contributed by atoms with E-state index in [-0.39, 0.29) is 0 Å². The van der Waals surface area contributed by atoms with Crippen molar-refractivity contribution >= 4 is 17.4 Å². The molecule has 74 valence electrons. The summed E-state index contributed by atoms with van der Waals surface area (Å²) in [5.74, 6) is 1.53. The third-order valence-electron chi connectivity index (χ3n) is 2.96. The Morgan fingerprint density at radius 2 is 2.31 bits per heavy atom. The maximum atomic E-state index is 11.2. The molecular weight excluding hydrogens is 184 g/mol. The van der Waals surface area contributed by atoms with Gasteiger partial charge < -0.3 is 0 Å². The molecule has 1 aliphatic carbocycles. The Kier molecular flexibility index (Phi) is 3.98. The summed E-state index contributed by atoms with van der Waals surface area (Å²) in [5.41, 5.74) is 0. The van der Waals surface area contributed by atoms with Crippen LogP contribution in [0.2, 0.25) is 0 Å². The van der Waals surface area contributed by atoms with Gasteiger partial charge in [0.2, 0.25) is 0 Å². The molecule has 0 amide bonds. The fraction of sp³-hybridized carbons (Fsp3) is 0.727. The van der Waals surface area contributed by atoms with Gasteiger partial charge in [-0.05, 0) is 24.7 Å². The lowest BCUT2D eigenvalue weighted by molar-refractivity contribution is -0.122. The SMILES string of the molecule is C=C(Cl)CC1CC(=O)CCC1CC. The Morgan fingerprint density at radius 1 is 1.62 bits per heavy atom. The number of rotatable bonds is 3. The van der Waals surface area contributed by atoms with Crippen LogP contribution in [0.25, 0.3) is 0 Å². The van der Waals surface area contributed by atoms with Crippen LogP contribution < -0.4 is 0 Å². The molecule has 0 aromatic rings. The van der Waals surface area contributed by atoms with E-state index in [1.54, 1.807) is 0 Å². The molecule has 1 aliphatic rings. The zero-order chi connectivity index (χ0) is 9.84. The minimum Gasteiger partial charge on any atom is -0.300 e. The molecule has 1 rings (SSSR count). The number of Topliss-reactive ketones (excluding diaryl/α,β-unsaturated/α-hetero) is 1. The molecule has 0 saturated heterocycles. The van der Waals surface area contributed by atoms with E-state index in [0.29, 0.717) is 29.1 Å². The Hall–Kier alpha value is -0.300. The van der Waals surface area contributed by atoms with Crippen LogP contribution in [0.15, 0.2) is 11.6 Å². The molecule has 0 bridgehead atoms. The Morgan fingerprint density at radius 3 is 2.85 bits per heavy atom. The van der Waals surface area contributed by atoms with Gasteiger partial charge in [-0.2, -0.15) is 0 Å². The lowest BCUT2D eigenvalue weighted by atomic mass is 9.76. The standard InChI is InChI=1S/C11H17ClO/c1-3-9-4-5-11(13)7-10(9)6-8(2)12/h9-10H,2-7H2,1H3. The van der Waals surface area contributed by atoms with Crippen LogP contribution in [0.5, 0.6) is 0 Å². The monoisotopic (exact) mass is 200 g/mol. The van der Waals surface area contributed by atoms with Gasteiger partial charge in [0.25, 0.3) is 0 Å². The first-order valence-corrected chi connectivity index (χ1v) is 5.36. The average molecular weight is 201 g/mol. The number of halogens is 1. The second kappa shape index (κ2) is 4.80. The Balaban J connectivity index is 2.54. The van der Waals surface area contributed by atoms with Gasteiger partial charge in [0, 0.05) is 17.9 Å². The fourth-order valence-electron chi connectivity index (χ4n) is 2.20. The Labute approximate surface area is 85.2 Å². The van der Waals surface area contributed by atoms with Crippen molar-refractivity contribution in [3.63, 3.8) is 0 Å². The first-order valence-electron chi connectivity index (χ1n) is 4.98. The number of hydrogen-bond acceptors (Lipinski definition) is 1. The highest BCUT2D eigenvalue weighted by atomic mass is 35.5. The fourth-order valence-corrected chi connectivity index (χ4v) is 2.40. The van der Waals surface area contributed by atoms with E-state index in [1.807, 2.05) is 0 Å². The van der Waals surface area contributed by atoms with Crippen molar-refractivity contribution in [3.05, 3.63) is 11.6 Å². The van der Waals surface area contributed by atoms with E-state index in [4.69, 9.17) is 11.6 Å². The lowest BCUT2D eigenvalue weighted by Crippen LogP contribution is -2.24. The van der Waals surface area contributed by atoms with Crippen molar-refractivity contribution < 1.29 is 4.79 Å². The lowest BCUT2D eigenvalue weighted by Gasteiger charge is -2.29.